The third-order valence-electron chi connectivity index (χ3n) is 3.70. The predicted octanol–water partition coefficient (Wildman–Crippen LogP) is 3.29. The highest BCUT2D eigenvalue weighted by atomic mass is 35.5. The minimum Gasteiger partial charge on any atom is -0.346 e. The van der Waals surface area contributed by atoms with Gasteiger partial charge >= 0.3 is 5.69 Å². The summed E-state index contributed by atoms with van der Waals surface area (Å²) in [6.45, 7) is 1.35. The lowest BCUT2D eigenvalue weighted by Gasteiger charge is -2.29. The molecule has 1 aromatic carbocycles. The molecule has 1 aliphatic rings. The van der Waals surface area contributed by atoms with Crippen LogP contribution in [0.1, 0.15) is 16.7 Å². The Morgan fingerprint density at radius 2 is 2.19 bits per heavy atom. The van der Waals surface area contributed by atoms with Crippen molar-refractivity contribution in [1.82, 2.24) is 4.98 Å². The molecule has 0 amide bonds. The number of fused-ring (bicyclic) bond motifs is 1. The molecule has 5 nitrogen and oxygen atoms in total. The van der Waals surface area contributed by atoms with Gasteiger partial charge in [-0.3, -0.25) is 10.1 Å². The monoisotopic (exact) mass is 303 g/mol. The van der Waals surface area contributed by atoms with Gasteiger partial charge < -0.3 is 4.90 Å². The van der Waals surface area contributed by atoms with Crippen LogP contribution >= 0.6 is 11.6 Å². The lowest BCUT2D eigenvalue weighted by molar-refractivity contribution is -0.384. The number of nitrogens with zero attached hydrogens (tertiary/aromatic N) is 3. The van der Waals surface area contributed by atoms with Crippen molar-refractivity contribution < 1.29 is 4.92 Å². The number of aromatic nitrogens is 1. The largest absolute Gasteiger partial charge is 0.346 e. The second-order valence-corrected chi connectivity index (χ2v) is 5.28. The second kappa shape index (κ2) is 5.69. The molecule has 6 heteroatoms. The van der Waals surface area contributed by atoms with Crippen LogP contribution in [0.2, 0.25) is 0 Å². The fourth-order valence-corrected chi connectivity index (χ4v) is 2.82. The zero-order valence-corrected chi connectivity index (χ0v) is 12.1. The van der Waals surface area contributed by atoms with Crippen LogP contribution in [0.3, 0.4) is 0 Å². The summed E-state index contributed by atoms with van der Waals surface area (Å²) in [5.41, 5.74) is 3.56. The van der Waals surface area contributed by atoms with E-state index in [2.05, 4.69) is 17.1 Å². The van der Waals surface area contributed by atoms with Crippen LogP contribution in [-0.4, -0.2) is 16.5 Å². The van der Waals surface area contributed by atoms with E-state index in [9.17, 15) is 10.1 Å². The Kier molecular flexibility index (Phi) is 3.75. The number of hydrogen-bond acceptors (Lipinski definition) is 4. The molecule has 3 rings (SSSR count). The van der Waals surface area contributed by atoms with E-state index < -0.39 is 0 Å². The highest BCUT2D eigenvalue weighted by Gasteiger charge is 2.24. The highest BCUT2D eigenvalue weighted by molar-refractivity contribution is 6.17. The minimum absolute atomic E-state index is 0.0504. The van der Waals surface area contributed by atoms with Crippen LogP contribution in [0.15, 0.2) is 36.5 Å². The van der Waals surface area contributed by atoms with Gasteiger partial charge in [-0.15, -0.1) is 11.6 Å². The summed E-state index contributed by atoms with van der Waals surface area (Å²) >= 11 is 5.87. The van der Waals surface area contributed by atoms with Gasteiger partial charge in [-0.2, -0.15) is 0 Å². The number of hydrogen-bond donors (Lipinski definition) is 0. The van der Waals surface area contributed by atoms with E-state index in [4.69, 9.17) is 11.6 Å². The number of alkyl halides is 1. The molecule has 0 radical (unpaired) electrons. The smallest absolute Gasteiger partial charge is 0.311 e. The lowest BCUT2D eigenvalue weighted by atomic mass is 9.97. The highest BCUT2D eigenvalue weighted by Crippen LogP contribution is 2.30. The van der Waals surface area contributed by atoms with E-state index in [0.717, 1.165) is 18.5 Å². The van der Waals surface area contributed by atoms with Crippen molar-refractivity contribution in [3.63, 3.8) is 0 Å². The molecule has 0 spiro atoms. The predicted molar refractivity (Wildman–Crippen MR) is 81.6 cm³/mol. The maximum atomic E-state index is 11.1. The Hall–Kier alpha value is -2.14. The van der Waals surface area contributed by atoms with Crippen LogP contribution < -0.4 is 4.90 Å². The summed E-state index contributed by atoms with van der Waals surface area (Å²) < 4.78 is 0. The molecule has 0 aliphatic carbocycles. The number of benzene rings is 1. The van der Waals surface area contributed by atoms with Crippen molar-refractivity contribution in [2.24, 2.45) is 0 Å². The van der Waals surface area contributed by atoms with Gasteiger partial charge in [0.25, 0.3) is 0 Å². The average Bonchev–Trinajstić information content (AvgIpc) is 2.53. The van der Waals surface area contributed by atoms with Gasteiger partial charge in [0, 0.05) is 31.2 Å². The molecule has 21 heavy (non-hydrogen) atoms. The van der Waals surface area contributed by atoms with Gasteiger partial charge in [0.1, 0.15) is 0 Å². The normalized spacial score (nSPS) is 13.9. The molecule has 0 N–H and O–H groups in total. The van der Waals surface area contributed by atoms with Gasteiger partial charge in [0.2, 0.25) is 5.82 Å². The average molecular weight is 304 g/mol. The molecular formula is C15H14ClN3O2. The first-order chi connectivity index (χ1) is 10.2. The first kappa shape index (κ1) is 13.8. The van der Waals surface area contributed by atoms with Gasteiger partial charge in [0.15, 0.2) is 0 Å². The topological polar surface area (TPSA) is 59.3 Å². The Bertz CT molecular complexity index is 690. The Morgan fingerprint density at radius 1 is 1.33 bits per heavy atom. The molecule has 0 atom stereocenters. The minimum atomic E-state index is -0.382. The lowest BCUT2D eigenvalue weighted by Crippen LogP contribution is -2.31. The molecule has 2 heterocycles. The van der Waals surface area contributed by atoms with Gasteiger partial charge in [-0.05, 0) is 29.2 Å². The van der Waals surface area contributed by atoms with Crippen LogP contribution in [0.25, 0.3) is 0 Å². The summed E-state index contributed by atoms with van der Waals surface area (Å²) in [5, 5.41) is 11.1. The van der Waals surface area contributed by atoms with Gasteiger partial charge in [-0.25, -0.2) is 4.98 Å². The first-order valence-electron chi connectivity index (χ1n) is 6.70. The van der Waals surface area contributed by atoms with Crippen LogP contribution in [-0.2, 0) is 18.8 Å². The summed E-state index contributed by atoms with van der Waals surface area (Å²) in [4.78, 5) is 16.9. The third-order valence-corrected chi connectivity index (χ3v) is 4.01. The molecule has 0 unspecified atom stereocenters. The Balaban J connectivity index is 1.94. The Morgan fingerprint density at radius 3 is 2.95 bits per heavy atom. The number of rotatable bonds is 3. The van der Waals surface area contributed by atoms with E-state index in [0.29, 0.717) is 18.2 Å². The molecular weight excluding hydrogens is 290 g/mol. The van der Waals surface area contributed by atoms with Crippen molar-refractivity contribution >= 4 is 23.1 Å². The van der Waals surface area contributed by atoms with Crippen molar-refractivity contribution in [1.29, 1.82) is 0 Å². The van der Waals surface area contributed by atoms with E-state index >= 15 is 0 Å². The zero-order valence-electron chi connectivity index (χ0n) is 11.3. The molecule has 0 bridgehead atoms. The molecule has 0 saturated heterocycles. The summed E-state index contributed by atoms with van der Waals surface area (Å²) in [7, 11) is 0. The van der Waals surface area contributed by atoms with Crippen molar-refractivity contribution in [3.8, 4) is 0 Å². The standard InChI is InChI=1S/C15H14ClN3O2/c16-9-11-3-4-12-5-7-18(10-13(12)8-11)15-14(19(20)21)2-1-6-17-15/h1-4,6,8H,5,7,9-10H2. The summed E-state index contributed by atoms with van der Waals surface area (Å²) in [6.07, 6.45) is 2.44. The van der Waals surface area contributed by atoms with E-state index in [-0.39, 0.29) is 10.6 Å². The van der Waals surface area contributed by atoms with Crippen LogP contribution in [0.5, 0.6) is 0 Å². The van der Waals surface area contributed by atoms with Crippen molar-refractivity contribution in [3.05, 3.63) is 63.3 Å². The maximum absolute atomic E-state index is 11.1. The van der Waals surface area contributed by atoms with E-state index in [1.165, 1.54) is 17.2 Å². The molecule has 1 aliphatic heterocycles. The van der Waals surface area contributed by atoms with Gasteiger partial charge in [0.05, 0.1) is 4.92 Å². The number of nitro groups is 1. The summed E-state index contributed by atoms with van der Waals surface area (Å²) in [5.74, 6) is 0.904. The maximum Gasteiger partial charge on any atom is 0.311 e. The SMILES string of the molecule is O=[N+]([O-])c1cccnc1N1CCc2ccc(CCl)cc2C1. The molecule has 0 saturated carbocycles. The van der Waals surface area contributed by atoms with Crippen LogP contribution in [0.4, 0.5) is 11.5 Å². The fraction of sp³-hybridized carbons (Fsp3) is 0.267. The zero-order chi connectivity index (χ0) is 14.8. The quantitative estimate of drug-likeness (QED) is 0.496. The van der Waals surface area contributed by atoms with Crippen LogP contribution in [0, 0.1) is 10.1 Å². The van der Waals surface area contributed by atoms with Crippen molar-refractivity contribution in [2.45, 2.75) is 18.8 Å². The number of halogens is 1. The number of anilines is 1. The first-order valence-corrected chi connectivity index (χ1v) is 7.23. The second-order valence-electron chi connectivity index (χ2n) is 5.01. The third kappa shape index (κ3) is 2.69. The molecule has 0 fully saturated rings. The molecule has 1 aromatic heterocycles. The molecule has 108 valence electrons. The molecule has 2 aromatic rings. The van der Waals surface area contributed by atoms with E-state index in [1.54, 1.807) is 12.3 Å². The van der Waals surface area contributed by atoms with Crippen molar-refractivity contribution in [2.75, 3.05) is 11.4 Å². The fourth-order valence-electron chi connectivity index (χ4n) is 2.65. The van der Waals surface area contributed by atoms with Gasteiger partial charge in [-0.1, -0.05) is 18.2 Å². The van der Waals surface area contributed by atoms with E-state index in [1.807, 2.05) is 11.0 Å². The number of pyridine rings is 1. The summed E-state index contributed by atoms with van der Waals surface area (Å²) in [6, 6.07) is 9.28. The Labute approximate surface area is 127 Å².